The van der Waals surface area contributed by atoms with Crippen molar-refractivity contribution in [2.45, 2.75) is 38.9 Å². The van der Waals surface area contributed by atoms with E-state index in [0.29, 0.717) is 6.54 Å². The van der Waals surface area contributed by atoms with Crippen molar-refractivity contribution in [3.8, 4) is 0 Å². The van der Waals surface area contributed by atoms with E-state index in [1.807, 2.05) is 20.8 Å². The van der Waals surface area contributed by atoms with Crippen molar-refractivity contribution in [2.24, 2.45) is 5.73 Å². The summed E-state index contributed by atoms with van der Waals surface area (Å²) in [7, 11) is 1.70. The quantitative estimate of drug-likeness (QED) is 0.659. The normalized spacial score (nSPS) is 14.8. The zero-order valence-corrected chi connectivity index (χ0v) is 8.59. The van der Waals surface area contributed by atoms with Gasteiger partial charge in [0.05, 0.1) is 11.7 Å². The molecular weight excluding hydrogens is 154 g/mol. The lowest BCUT2D eigenvalue weighted by Gasteiger charge is -2.27. The molecular formula is C9H21NO2. The topological polar surface area (TPSA) is 44.5 Å². The summed E-state index contributed by atoms with van der Waals surface area (Å²) < 4.78 is 10.6. The second kappa shape index (κ2) is 5.51. The van der Waals surface area contributed by atoms with Crippen molar-refractivity contribution in [1.82, 2.24) is 0 Å². The van der Waals surface area contributed by atoms with Gasteiger partial charge in [0.1, 0.15) is 0 Å². The Labute approximate surface area is 75.2 Å². The van der Waals surface area contributed by atoms with Gasteiger partial charge in [0, 0.05) is 20.3 Å². The van der Waals surface area contributed by atoms with E-state index in [0.717, 1.165) is 13.0 Å². The molecule has 0 aliphatic heterocycles. The minimum Gasteiger partial charge on any atom is -0.385 e. The molecule has 0 radical (unpaired) electrons. The molecule has 0 rings (SSSR count). The van der Waals surface area contributed by atoms with Crippen LogP contribution in [0.5, 0.6) is 0 Å². The van der Waals surface area contributed by atoms with Gasteiger partial charge in [-0.05, 0) is 27.2 Å². The van der Waals surface area contributed by atoms with Gasteiger partial charge in [0.15, 0.2) is 0 Å². The van der Waals surface area contributed by atoms with E-state index in [1.165, 1.54) is 0 Å². The highest BCUT2D eigenvalue weighted by Gasteiger charge is 2.18. The Morgan fingerprint density at radius 3 is 2.42 bits per heavy atom. The molecule has 0 aliphatic carbocycles. The summed E-state index contributed by atoms with van der Waals surface area (Å²) in [6.07, 6.45) is 1.13. The predicted octanol–water partition coefficient (Wildman–Crippen LogP) is 1.17. The average Bonchev–Trinajstić information content (AvgIpc) is 2.00. The molecule has 0 fully saturated rings. The highest BCUT2D eigenvalue weighted by atomic mass is 16.5. The van der Waals surface area contributed by atoms with Crippen LogP contribution >= 0.6 is 0 Å². The molecule has 1 unspecified atom stereocenters. The monoisotopic (exact) mass is 175 g/mol. The maximum absolute atomic E-state index is 5.68. The van der Waals surface area contributed by atoms with E-state index in [-0.39, 0.29) is 11.7 Å². The molecule has 0 spiro atoms. The second-order valence-electron chi connectivity index (χ2n) is 3.67. The molecule has 12 heavy (non-hydrogen) atoms. The number of ether oxygens (including phenoxy) is 2. The van der Waals surface area contributed by atoms with Gasteiger partial charge in [-0.1, -0.05) is 0 Å². The van der Waals surface area contributed by atoms with Crippen LogP contribution in [0.15, 0.2) is 0 Å². The van der Waals surface area contributed by atoms with Crippen molar-refractivity contribution in [3.63, 3.8) is 0 Å². The third-order valence-corrected chi connectivity index (χ3v) is 1.74. The predicted molar refractivity (Wildman–Crippen MR) is 50.2 cm³/mol. The van der Waals surface area contributed by atoms with Gasteiger partial charge in [-0.3, -0.25) is 0 Å². The zero-order chi connectivity index (χ0) is 9.61. The summed E-state index contributed by atoms with van der Waals surface area (Å²) in [5.41, 5.74) is 5.31. The van der Waals surface area contributed by atoms with Gasteiger partial charge in [-0.25, -0.2) is 0 Å². The Balaban J connectivity index is 3.60. The van der Waals surface area contributed by atoms with E-state index < -0.39 is 0 Å². The van der Waals surface area contributed by atoms with E-state index in [4.69, 9.17) is 15.2 Å². The number of hydrogen-bond acceptors (Lipinski definition) is 3. The average molecular weight is 175 g/mol. The van der Waals surface area contributed by atoms with E-state index >= 15 is 0 Å². The fourth-order valence-corrected chi connectivity index (χ4v) is 0.935. The molecule has 2 N–H and O–H groups in total. The highest BCUT2D eigenvalue weighted by Crippen LogP contribution is 2.12. The lowest BCUT2D eigenvalue weighted by Crippen LogP contribution is -2.37. The SMILES string of the molecule is COCCC(C)OC(C)(C)CN. The van der Waals surface area contributed by atoms with Gasteiger partial charge < -0.3 is 15.2 Å². The van der Waals surface area contributed by atoms with E-state index in [2.05, 4.69) is 0 Å². The van der Waals surface area contributed by atoms with E-state index in [9.17, 15) is 0 Å². The fourth-order valence-electron chi connectivity index (χ4n) is 0.935. The van der Waals surface area contributed by atoms with Crippen molar-refractivity contribution in [3.05, 3.63) is 0 Å². The second-order valence-corrected chi connectivity index (χ2v) is 3.67. The molecule has 3 nitrogen and oxygen atoms in total. The summed E-state index contributed by atoms with van der Waals surface area (Å²) in [4.78, 5) is 0. The van der Waals surface area contributed by atoms with Crippen molar-refractivity contribution < 1.29 is 9.47 Å². The summed E-state index contributed by atoms with van der Waals surface area (Å²) in [6.45, 7) is 7.31. The smallest absolute Gasteiger partial charge is 0.0751 e. The molecule has 0 amide bonds. The molecule has 3 heteroatoms. The molecule has 0 aromatic heterocycles. The van der Waals surface area contributed by atoms with Crippen LogP contribution in [0.4, 0.5) is 0 Å². The van der Waals surface area contributed by atoms with Gasteiger partial charge in [0.2, 0.25) is 0 Å². The van der Waals surface area contributed by atoms with E-state index in [1.54, 1.807) is 7.11 Å². The molecule has 0 saturated heterocycles. The Bertz CT molecular complexity index is 115. The van der Waals surface area contributed by atoms with Crippen molar-refractivity contribution in [2.75, 3.05) is 20.3 Å². The van der Waals surface area contributed by atoms with Crippen LogP contribution in [0, 0.1) is 0 Å². The van der Waals surface area contributed by atoms with Crippen LogP contribution in [-0.4, -0.2) is 32.0 Å². The number of nitrogens with two attached hydrogens (primary N) is 1. The fraction of sp³-hybridized carbons (Fsp3) is 1.00. The Hall–Kier alpha value is -0.120. The van der Waals surface area contributed by atoms with Crippen molar-refractivity contribution in [1.29, 1.82) is 0 Å². The molecule has 0 aliphatic rings. The van der Waals surface area contributed by atoms with Gasteiger partial charge in [-0.2, -0.15) is 0 Å². The van der Waals surface area contributed by atoms with Gasteiger partial charge in [-0.15, -0.1) is 0 Å². The van der Waals surface area contributed by atoms with Crippen molar-refractivity contribution >= 4 is 0 Å². The lowest BCUT2D eigenvalue weighted by atomic mass is 10.1. The highest BCUT2D eigenvalue weighted by molar-refractivity contribution is 4.70. The lowest BCUT2D eigenvalue weighted by molar-refractivity contribution is -0.0662. The van der Waals surface area contributed by atoms with Crippen LogP contribution in [-0.2, 0) is 9.47 Å². The number of rotatable bonds is 6. The molecule has 0 aromatic carbocycles. The summed E-state index contributed by atoms with van der Waals surface area (Å²) >= 11 is 0. The first-order valence-electron chi connectivity index (χ1n) is 4.38. The maximum atomic E-state index is 5.68. The standard InChI is InChI=1S/C9H21NO2/c1-8(5-6-11-4)12-9(2,3)7-10/h8H,5-7,10H2,1-4H3. The third kappa shape index (κ3) is 5.52. The Morgan fingerprint density at radius 1 is 1.42 bits per heavy atom. The van der Waals surface area contributed by atoms with Gasteiger partial charge in [0.25, 0.3) is 0 Å². The van der Waals surface area contributed by atoms with Gasteiger partial charge >= 0.3 is 0 Å². The first-order valence-corrected chi connectivity index (χ1v) is 4.38. The Kier molecular flexibility index (Phi) is 5.46. The van der Waals surface area contributed by atoms with Crippen LogP contribution < -0.4 is 5.73 Å². The molecule has 0 heterocycles. The molecule has 0 saturated carbocycles. The molecule has 1 atom stereocenters. The number of hydrogen-bond donors (Lipinski definition) is 1. The summed E-state index contributed by atoms with van der Waals surface area (Å²) in [5.74, 6) is 0. The number of methoxy groups -OCH3 is 1. The summed E-state index contributed by atoms with van der Waals surface area (Å²) in [6, 6.07) is 0. The van der Waals surface area contributed by atoms with Crippen LogP contribution in [0.3, 0.4) is 0 Å². The minimum absolute atomic E-state index is 0.212. The first kappa shape index (κ1) is 11.9. The molecule has 0 bridgehead atoms. The van der Waals surface area contributed by atoms with Crippen LogP contribution in [0.25, 0.3) is 0 Å². The third-order valence-electron chi connectivity index (χ3n) is 1.74. The summed E-state index contributed by atoms with van der Waals surface area (Å²) in [5, 5.41) is 0. The largest absolute Gasteiger partial charge is 0.385 e. The zero-order valence-electron chi connectivity index (χ0n) is 8.59. The van der Waals surface area contributed by atoms with Crippen LogP contribution in [0.1, 0.15) is 27.2 Å². The maximum Gasteiger partial charge on any atom is 0.0751 e. The Morgan fingerprint density at radius 2 is 2.00 bits per heavy atom. The molecule has 0 aromatic rings. The minimum atomic E-state index is -0.215. The molecule has 74 valence electrons. The first-order chi connectivity index (χ1) is 5.52. The van der Waals surface area contributed by atoms with Crippen LogP contribution in [0.2, 0.25) is 0 Å².